The van der Waals surface area contributed by atoms with Crippen LogP contribution in [0, 0.1) is 12.8 Å². The molecule has 1 unspecified atom stereocenters. The van der Waals surface area contributed by atoms with E-state index < -0.39 is 0 Å². The van der Waals surface area contributed by atoms with E-state index in [2.05, 4.69) is 38.3 Å². The minimum atomic E-state index is 0.0256. The molecule has 0 spiro atoms. The lowest BCUT2D eigenvalue weighted by Crippen LogP contribution is -2.33. The van der Waals surface area contributed by atoms with Crippen molar-refractivity contribution >= 4 is 11.6 Å². The minimum absolute atomic E-state index is 0.0256. The van der Waals surface area contributed by atoms with Crippen molar-refractivity contribution in [3.63, 3.8) is 0 Å². The summed E-state index contributed by atoms with van der Waals surface area (Å²) in [7, 11) is 0. The molecule has 2 N–H and O–H groups in total. The third-order valence-electron chi connectivity index (χ3n) is 3.25. The van der Waals surface area contributed by atoms with E-state index in [0.717, 1.165) is 36.2 Å². The Labute approximate surface area is 123 Å². The molecule has 3 nitrogen and oxygen atoms in total. The van der Waals surface area contributed by atoms with E-state index in [1.807, 2.05) is 25.1 Å². The number of benzene rings is 1. The van der Waals surface area contributed by atoms with Gasteiger partial charge in [0.15, 0.2) is 0 Å². The van der Waals surface area contributed by atoms with Gasteiger partial charge >= 0.3 is 0 Å². The molecular weight excluding hydrogens is 248 g/mol. The zero-order valence-electron chi connectivity index (χ0n) is 13.4. The molecule has 0 heterocycles. The van der Waals surface area contributed by atoms with Crippen molar-refractivity contribution in [1.29, 1.82) is 0 Å². The fourth-order valence-electron chi connectivity index (χ4n) is 2.37. The smallest absolute Gasteiger partial charge is 0.251 e. The molecule has 112 valence electrons. The third kappa shape index (κ3) is 5.24. The van der Waals surface area contributed by atoms with Gasteiger partial charge in [-0.2, -0.15) is 0 Å². The maximum atomic E-state index is 12.3. The van der Waals surface area contributed by atoms with Crippen molar-refractivity contribution < 1.29 is 4.79 Å². The van der Waals surface area contributed by atoms with Crippen LogP contribution in [-0.4, -0.2) is 18.5 Å². The number of amides is 1. The molecule has 0 saturated carbocycles. The van der Waals surface area contributed by atoms with Gasteiger partial charge in [-0.05, 0) is 56.4 Å². The second-order valence-corrected chi connectivity index (χ2v) is 5.96. The quantitative estimate of drug-likeness (QED) is 0.791. The highest BCUT2D eigenvalue weighted by Crippen LogP contribution is 2.16. The normalized spacial score (nSPS) is 12.3. The Morgan fingerprint density at radius 3 is 2.50 bits per heavy atom. The minimum Gasteiger partial charge on any atom is -0.385 e. The standard InChI is InChI=1S/C17H28N2O/c1-6-9-18-15-7-8-16(13(4)11-15)17(20)19-14(5)10-12(2)3/h7-8,11-12,14,18H,6,9-10H2,1-5H3,(H,19,20). The Morgan fingerprint density at radius 2 is 1.95 bits per heavy atom. The summed E-state index contributed by atoms with van der Waals surface area (Å²) in [6.07, 6.45) is 2.09. The van der Waals surface area contributed by atoms with Crippen LogP contribution >= 0.6 is 0 Å². The molecule has 1 aromatic rings. The third-order valence-corrected chi connectivity index (χ3v) is 3.25. The van der Waals surface area contributed by atoms with E-state index in [1.54, 1.807) is 0 Å². The first-order valence-electron chi connectivity index (χ1n) is 7.59. The Bertz CT molecular complexity index is 441. The highest BCUT2D eigenvalue weighted by Gasteiger charge is 2.13. The van der Waals surface area contributed by atoms with Crippen molar-refractivity contribution in [2.45, 2.75) is 53.5 Å². The van der Waals surface area contributed by atoms with Gasteiger partial charge < -0.3 is 10.6 Å². The molecule has 1 rings (SSSR count). The number of rotatable bonds is 7. The zero-order valence-corrected chi connectivity index (χ0v) is 13.4. The van der Waals surface area contributed by atoms with Gasteiger partial charge in [0.25, 0.3) is 5.91 Å². The molecule has 0 aliphatic heterocycles. The molecule has 1 amide bonds. The summed E-state index contributed by atoms with van der Waals surface area (Å²) in [5.74, 6) is 0.615. The second kappa shape index (κ2) is 7.93. The van der Waals surface area contributed by atoms with Gasteiger partial charge in [0.2, 0.25) is 0 Å². The van der Waals surface area contributed by atoms with Crippen LogP contribution in [0.2, 0.25) is 0 Å². The number of aryl methyl sites for hydroxylation is 1. The summed E-state index contributed by atoms with van der Waals surface area (Å²) in [5, 5.41) is 6.41. The first kappa shape index (κ1) is 16.5. The average Bonchev–Trinajstić information content (AvgIpc) is 2.35. The molecular formula is C17H28N2O. The van der Waals surface area contributed by atoms with Crippen molar-refractivity contribution in [1.82, 2.24) is 5.32 Å². The molecule has 3 heteroatoms. The molecule has 0 bridgehead atoms. The van der Waals surface area contributed by atoms with Crippen LogP contribution < -0.4 is 10.6 Å². The molecule has 0 aromatic heterocycles. The summed E-state index contributed by atoms with van der Waals surface area (Å²) in [4.78, 5) is 12.3. The summed E-state index contributed by atoms with van der Waals surface area (Å²) in [6, 6.07) is 6.13. The van der Waals surface area contributed by atoms with Crippen LogP contribution in [0.1, 0.15) is 56.5 Å². The Kier molecular flexibility index (Phi) is 6.56. The average molecular weight is 276 g/mol. The first-order chi connectivity index (χ1) is 9.43. The zero-order chi connectivity index (χ0) is 15.1. The number of carbonyl (C=O) groups is 1. The Morgan fingerprint density at radius 1 is 1.25 bits per heavy atom. The first-order valence-corrected chi connectivity index (χ1v) is 7.59. The fourth-order valence-corrected chi connectivity index (χ4v) is 2.37. The van der Waals surface area contributed by atoms with Gasteiger partial charge in [-0.15, -0.1) is 0 Å². The lowest BCUT2D eigenvalue weighted by molar-refractivity contribution is 0.0935. The molecule has 1 atom stereocenters. The predicted molar refractivity (Wildman–Crippen MR) is 86.3 cm³/mol. The topological polar surface area (TPSA) is 41.1 Å². The second-order valence-electron chi connectivity index (χ2n) is 5.96. The van der Waals surface area contributed by atoms with Crippen LogP contribution in [-0.2, 0) is 0 Å². The summed E-state index contributed by atoms with van der Waals surface area (Å²) in [6.45, 7) is 11.5. The van der Waals surface area contributed by atoms with Gasteiger partial charge in [0, 0.05) is 23.8 Å². The molecule has 20 heavy (non-hydrogen) atoms. The van der Waals surface area contributed by atoms with E-state index in [0.29, 0.717) is 5.92 Å². The molecule has 0 saturated heterocycles. The summed E-state index contributed by atoms with van der Waals surface area (Å²) >= 11 is 0. The van der Waals surface area contributed by atoms with E-state index in [1.165, 1.54) is 0 Å². The van der Waals surface area contributed by atoms with Crippen LogP contribution in [0.25, 0.3) is 0 Å². The molecule has 0 radical (unpaired) electrons. The van der Waals surface area contributed by atoms with Gasteiger partial charge in [-0.25, -0.2) is 0 Å². The summed E-state index contributed by atoms with van der Waals surface area (Å²) in [5.41, 5.74) is 2.86. The maximum absolute atomic E-state index is 12.3. The maximum Gasteiger partial charge on any atom is 0.251 e. The Hall–Kier alpha value is -1.51. The van der Waals surface area contributed by atoms with Crippen LogP contribution in [0.4, 0.5) is 5.69 Å². The SMILES string of the molecule is CCCNc1ccc(C(=O)NC(C)CC(C)C)c(C)c1. The van der Waals surface area contributed by atoms with Gasteiger partial charge in [-0.3, -0.25) is 4.79 Å². The van der Waals surface area contributed by atoms with E-state index >= 15 is 0 Å². The van der Waals surface area contributed by atoms with Crippen LogP contribution in [0.3, 0.4) is 0 Å². The van der Waals surface area contributed by atoms with Crippen molar-refractivity contribution in [2.24, 2.45) is 5.92 Å². The largest absolute Gasteiger partial charge is 0.385 e. The fraction of sp³-hybridized carbons (Fsp3) is 0.588. The van der Waals surface area contributed by atoms with Gasteiger partial charge in [-0.1, -0.05) is 20.8 Å². The van der Waals surface area contributed by atoms with Crippen LogP contribution in [0.15, 0.2) is 18.2 Å². The lowest BCUT2D eigenvalue weighted by Gasteiger charge is -2.17. The number of nitrogens with one attached hydrogen (secondary N) is 2. The van der Waals surface area contributed by atoms with Crippen molar-refractivity contribution in [3.8, 4) is 0 Å². The highest BCUT2D eigenvalue weighted by atomic mass is 16.1. The molecule has 0 aliphatic carbocycles. The number of anilines is 1. The predicted octanol–water partition coefficient (Wildman–Crippen LogP) is 3.98. The van der Waals surface area contributed by atoms with Crippen molar-refractivity contribution in [2.75, 3.05) is 11.9 Å². The van der Waals surface area contributed by atoms with E-state index in [9.17, 15) is 4.79 Å². The molecule has 0 aliphatic rings. The molecule has 0 fully saturated rings. The van der Waals surface area contributed by atoms with Crippen LogP contribution in [0.5, 0.6) is 0 Å². The molecule has 1 aromatic carbocycles. The van der Waals surface area contributed by atoms with E-state index in [-0.39, 0.29) is 11.9 Å². The summed E-state index contributed by atoms with van der Waals surface area (Å²) < 4.78 is 0. The number of hydrogen-bond donors (Lipinski definition) is 2. The van der Waals surface area contributed by atoms with Crippen molar-refractivity contribution in [3.05, 3.63) is 29.3 Å². The van der Waals surface area contributed by atoms with E-state index in [4.69, 9.17) is 0 Å². The Balaban J connectivity index is 2.68. The monoisotopic (exact) mass is 276 g/mol. The highest BCUT2D eigenvalue weighted by molar-refractivity contribution is 5.96. The lowest BCUT2D eigenvalue weighted by atomic mass is 10.0. The van der Waals surface area contributed by atoms with Gasteiger partial charge in [0.1, 0.15) is 0 Å². The van der Waals surface area contributed by atoms with Gasteiger partial charge in [0.05, 0.1) is 0 Å². The number of hydrogen-bond acceptors (Lipinski definition) is 2. The number of carbonyl (C=O) groups excluding carboxylic acids is 1.